The largest absolute Gasteiger partial charge is 0.380 e. The molecule has 0 saturated heterocycles. The Morgan fingerprint density at radius 2 is 2.12 bits per heavy atom. The van der Waals surface area contributed by atoms with Gasteiger partial charge in [0.1, 0.15) is 0 Å². The first kappa shape index (κ1) is 15.4. The summed E-state index contributed by atoms with van der Waals surface area (Å²) in [5.74, 6) is 0.636. The molecule has 0 spiro atoms. The van der Waals surface area contributed by atoms with Gasteiger partial charge in [-0.2, -0.15) is 0 Å². The third-order valence-electron chi connectivity index (χ3n) is 2.70. The molecule has 0 aromatic rings. The van der Waals surface area contributed by atoms with Crippen LogP contribution in [0.4, 0.5) is 0 Å². The predicted octanol–water partition coefficient (Wildman–Crippen LogP) is 1.25. The van der Waals surface area contributed by atoms with Crippen LogP contribution in [0.1, 0.15) is 33.6 Å². The molecule has 0 heterocycles. The van der Waals surface area contributed by atoms with Crippen LogP contribution in [0.15, 0.2) is 0 Å². The van der Waals surface area contributed by atoms with Gasteiger partial charge in [-0.05, 0) is 32.7 Å². The van der Waals surface area contributed by atoms with E-state index < -0.39 is 0 Å². The second-order valence-corrected chi connectivity index (χ2v) is 4.05. The Labute approximate surface area is 99.1 Å². The quantitative estimate of drug-likeness (QED) is 0.606. The fourth-order valence-corrected chi connectivity index (χ4v) is 1.42. The van der Waals surface area contributed by atoms with E-state index in [1.54, 1.807) is 0 Å². The first-order valence-corrected chi connectivity index (χ1v) is 6.21. The van der Waals surface area contributed by atoms with E-state index in [-0.39, 0.29) is 5.91 Å². The van der Waals surface area contributed by atoms with Gasteiger partial charge < -0.3 is 15.4 Å². The number of carbonyl (C=O) groups excluding carboxylic acids is 1. The fourth-order valence-electron chi connectivity index (χ4n) is 1.42. The van der Waals surface area contributed by atoms with Crippen molar-refractivity contribution in [3.8, 4) is 0 Å². The normalized spacial score (nSPS) is 12.5. The van der Waals surface area contributed by atoms with Gasteiger partial charge in [0.15, 0.2) is 0 Å². The van der Waals surface area contributed by atoms with E-state index in [1.807, 2.05) is 18.7 Å². The van der Waals surface area contributed by atoms with E-state index in [4.69, 9.17) is 10.5 Å². The molecule has 0 bridgehead atoms. The van der Waals surface area contributed by atoms with Crippen molar-refractivity contribution < 1.29 is 9.53 Å². The SMILES string of the molecule is CCOCCN(CC)C(=O)CCC(C)CN. The van der Waals surface area contributed by atoms with Crippen molar-refractivity contribution >= 4 is 5.91 Å². The summed E-state index contributed by atoms with van der Waals surface area (Å²) in [4.78, 5) is 13.7. The van der Waals surface area contributed by atoms with Crippen LogP contribution in [0.3, 0.4) is 0 Å². The van der Waals surface area contributed by atoms with Gasteiger partial charge in [-0.15, -0.1) is 0 Å². The lowest BCUT2D eigenvalue weighted by atomic mass is 10.1. The van der Waals surface area contributed by atoms with Gasteiger partial charge in [0.25, 0.3) is 0 Å². The molecule has 2 N–H and O–H groups in total. The summed E-state index contributed by atoms with van der Waals surface area (Å²) >= 11 is 0. The maximum absolute atomic E-state index is 11.8. The highest BCUT2D eigenvalue weighted by Gasteiger charge is 2.12. The molecule has 1 amide bonds. The number of nitrogens with two attached hydrogens (primary N) is 1. The van der Waals surface area contributed by atoms with Crippen LogP contribution in [0.25, 0.3) is 0 Å². The summed E-state index contributed by atoms with van der Waals surface area (Å²) in [5, 5.41) is 0. The standard InChI is InChI=1S/C12H26N2O2/c1-4-14(8-9-16-5-2)12(15)7-6-11(3)10-13/h11H,4-10,13H2,1-3H3. The van der Waals surface area contributed by atoms with Crippen LogP contribution in [0.5, 0.6) is 0 Å². The molecule has 96 valence electrons. The molecular formula is C12H26N2O2. The van der Waals surface area contributed by atoms with Crippen LogP contribution in [-0.4, -0.2) is 43.7 Å². The van der Waals surface area contributed by atoms with Gasteiger partial charge >= 0.3 is 0 Å². The zero-order chi connectivity index (χ0) is 12.4. The third-order valence-corrected chi connectivity index (χ3v) is 2.70. The summed E-state index contributed by atoms with van der Waals surface area (Å²) in [5.41, 5.74) is 5.52. The molecule has 0 saturated carbocycles. The molecule has 0 aliphatic rings. The summed E-state index contributed by atoms with van der Waals surface area (Å²) in [6, 6.07) is 0. The molecule has 0 aromatic carbocycles. The van der Waals surface area contributed by atoms with E-state index in [2.05, 4.69) is 6.92 Å². The second kappa shape index (κ2) is 9.60. The monoisotopic (exact) mass is 230 g/mol. The van der Waals surface area contributed by atoms with Crippen LogP contribution in [0, 0.1) is 5.92 Å². The van der Waals surface area contributed by atoms with Gasteiger partial charge in [-0.25, -0.2) is 0 Å². The summed E-state index contributed by atoms with van der Waals surface area (Å²) in [6.45, 7) is 9.46. The number of hydrogen-bond donors (Lipinski definition) is 1. The smallest absolute Gasteiger partial charge is 0.222 e. The molecule has 1 unspecified atom stereocenters. The summed E-state index contributed by atoms with van der Waals surface area (Å²) in [7, 11) is 0. The highest BCUT2D eigenvalue weighted by Crippen LogP contribution is 2.06. The van der Waals surface area contributed by atoms with Crippen LogP contribution < -0.4 is 5.73 Å². The van der Waals surface area contributed by atoms with E-state index in [1.165, 1.54) is 0 Å². The highest BCUT2D eigenvalue weighted by molar-refractivity contribution is 5.76. The number of ether oxygens (including phenoxy) is 1. The molecule has 0 rings (SSSR count). The lowest BCUT2D eigenvalue weighted by molar-refractivity contribution is -0.132. The maximum atomic E-state index is 11.8. The topological polar surface area (TPSA) is 55.6 Å². The summed E-state index contributed by atoms with van der Waals surface area (Å²) < 4.78 is 5.25. The van der Waals surface area contributed by atoms with Crippen molar-refractivity contribution in [1.82, 2.24) is 4.90 Å². The number of carbonyl (C=O) groups is 1. The minimum Gasteiger partial charge on any atom is -0.380 e. The van der Waals surface area contributed by atoms with E-state index >= 15 is 0 Å². The number of nitrogens with zero attached hydrogens (tertiary/aromatic N) is 1. The Kier molecular flexibility index (Phi) is 9.24. The zero-order valence-corrected chi connectivity index (χ0v) is 10.9. The van der Waals surface area contributed by atoms with Gasteiger partial charge in [0.2, 0.25) is 5.91 Å². The molecule has 0 aromatic heterocycles. The third kappa shape index (κ3) is 6.80. The predicted molar refractivity (Wildman–Crippen MR) is 66.2 cm³/mol. The Balaban J connectivity index is 3.82. The number of hydrogen-bond acceptors (Lipinski definition) is 3. The van der Waals surface area contributed by atoms with Crippen molar-refractivity contribution in [3.05, 3.63) is 0 Å². The minimum atomic E-state index is 0.211. The lowest BCUT2D eigenvalue weighted by Gasteiger charge is -2.21. The number of likely N-dealkylation sites (N-methyl/N-ethyl adjacent to an activating group) is 1. The fraction of sp³-hybridized carbons (Fsp3) is 0.917. The molecule has 0 fully saturated rings. The van der Waals surface area contributed by atoms with Crippen LogP contribution >= 0.6 is 0 Å². The van der Waals surface area contributed by atoms with Gasteiger partial charge in [0.05, 0.1) is 6.61 Å². The van der Waals surface area contributed by atoms with E-state index in [0.717, 1.165) is 13.0 Å². The van der Waals surface area contributed by atoms with Crippen molar-refractivity contribution in [2.75, 3.05) is 32.8 Å². The average molecular weight is 230 g/mol. The van der Waals surface area contributed by atoms with Gasteiger partial charge in [-0.1, -0.05) is 6.92 Å². The van der Waals surface area contributed by atoms with Crippen LogP contribution in [-0.2, 0) is 9.53 Å². The van der Waals surface area contributed by atoms with Crippen molar-refractivity contribution in [1.29, 1.82) is 0 Å². The minimum absolute atomic E-state index is 0.211. The molecule has 4 heteroatoms. The average Bonchev–Trinajstić information content (AvgIpc) is 2.31. The Morgan fingerprint density at radius 1 is 1.44 bits per heavy atom. The molecule has 4 nitrogen and oxygen atoms in total. The molecule has 1 atom stereocenters. The number of rotatable bonds is 9. The highest BCUT2D eigenvalue weighted by atomic mass is 16.5. The first-order chi connectivity index (χ1) is 7.65. The Hall–Kier alpha value is -0.610. The molecule has 0 aliphatic heterocycles. The van der Waals surface area contributed by atoms with Crippen molar-refractivity contribution in [2.45, 2.75) is 33.6 Å². The molecular weight excluding hydrogens is 204 g/mol. The van der Waals surface area contributed by atoms with Crippen LogP contribution in [0.2, 0.25) is 0 Å². The zero-order valence-electron chi connectivity index (χ0n) is 10.9. The number of amides is 1. The molecule has 16 heavy (non-hydrogen) atoms. The first-order valence-electron chi connectivity index (χ1n) is 6.21. The molecule has 0 aliphatic carbocycles. The molecule has 0 radical (unpaired) electrons. The van der Waals surface area contributed by atoms with E-state index in [9.17, 15) is 4.79 Å². The Morgan fingerprint density at radius 3 is 2.62 bits per heavy atom. The van der Waals surface area contributed by atoms with Crippen molar-refractivity contribution in [3.63, 3.8) is 0 Å². The lowest BCUT2D eigenvalue weighted by Crippen LogP contribution is -2.34. The maximum Gasteiger partial charge on any atom is 0.222 e. The van der Waals surface area contributed by atoms with Gasteiger partial charge in [0, 0.05) is 26.1 Å². The summed E-state index contributed by atoms with van der Waals surface area (Å²) in [6.07, 6.45) is 1.47. The Bertz CT molecular complexity index is 186. The van der Waals surface area contributed by atoms with Crippen molar-refractivity contribution in [2.24, 2.45) is 11.7 Å². The second-order valence-electron chi connectivity index (χ2n) is 4.05. The van der Waals surface area contributed by atoms with E-state index in [0.29, 0.717) is 38.6 Å². The van der Waals surface area contributed by atoms with Gasteiger partial charge in [-0.3, -0.25) is 4.79 Å².